The molecule has 18 heavy (non-hydrogen) atoms. The Morgan fingerprint density at radius 2 is 2.11 bits per heavy atom. The third-order valence-electron chi connectivity index (χ3n) is 2.89. The maximum Gasteiger partial charge on any atom is 0.126 e. The topological polar surface area (TPSA) is 39.1 Å². The summed E-state index contributed by atoms with van der Waals surface area (Å²) in [6.45, 7) is 2.82. The van der Waals surface area contributed by atoms with Crippen molar-refractivity contribution >= 4 is 0 Å². The van der Waals surface area contributed by atoms with Crippen molar-refractivity contribution in [1.82, 2.24) is 15.1 Å². The summed E-state index contributed by atoms with van der Waals surface area (Å²) in [6.07, 6.45) is 2.03. The van der Waals surface area contributed by atoms with Gasteiger partial charge in [-0.1, -0.05) is 11.6 Å². The van der Waals surface area contributed by atoms with Crippen molar-refractivity contribution in [2.24, 2.45) is 7.05 Å². The lowest BCUT2D eigenvalue weighted by molar-refractivity contribution is 0.416. The van der Waals surface area contributed by atoms with Gasteiger partial charge in [0.15, 0.2) is 0 Å². The van der Waals surface area contributed by atoms with E-state index in [4.69, 9.17) is 4.74 Å². The predicted octanol–water partition coefficient (Wildman–Crippen LogP) is 2.12. The zero-order valence-electron chi connectivity index (χ0n) is 11.3. The Balaban J connectivity index is 2.56. The monoisotopic (exact) mass is 245 g/mol. The Morgan fingerprint density at radius 3 is 2.78 bits per heavy atom. The maximum atomic E-state index is 5.44. The van der Waals surface area contributed by atoms with Crippen LogP contribution in [0.25, 0.3) is 11.1 Å². The minimum absolute atomic E-state index is 0.743. The van der Waals surface area contributed by atoms with Crippen LogP contribution >= 0.6 is 0 Å². The number of nitrogens with one attached hydrogen (secondary N) is 1. The average molecular weight is 245 g/mol. The summed E-state index contributed by atoms with van der Waals surface area (Å²) in [6, 6.07) is 6.19. The van der Waals surface area contributed by atoms with Gasteiger partial charge in [-0.25, -0.2) is 0 Å². The molecule has 2 rings (SSSR count). The fourth-order valence-electron chi connectivity index (χ4n) is 2.09. The van der Waals surface area contributed by atoms with Gasteiger partial charge in [-0.15, -0.1) is 0 Å². The van der Waals surface area contributed by atoms with E-state index in [-0.39, 0.29) is 0 Å². The molecule has 1 heterocycles. The lowest BCUT2D eigenvalue weighted by Gasteiger charge is -2.09. The average Bonchev–Trinajstić information content (AvgIpc) is 2.71. The molecule has 0 spiro atoms. The summed E-state index contributed by atoms with van der Waals surface area (Å²) >= 11 is 0. The van der Waals surface area contributed by atoms with Gasteiger partial charge in [0.25, 0.3) is 0 Å². The highest BCUT2D eigenvalue weighted by atomic mass is 16.5. The molecule has 0 saturated carbocycles. The number of rotatable bonds is 4. The molecule has 4 nitrogen and oxygen atoms in total. The lowest BCUT2D eigenvalue weighted by Crippen LogP contribution is -2.07. The van der Waals surface area contributed by atoms with Crippen molar-refractivity contribution < 1.29 is 4.74 Å². The van der Waals surface area contributed by atoms with Crippen LogP contribution in [0.2, 0.25) is 0 Å². The third kappa shape index (κ3) is 2.38. The van der Waals surface area contributed by atoms with Gasteiger partial charge >= 0.3 is 0 Å². The minimum atomic E-state index is 0.743. The van der Waals surface area contributed by atoms with Gasteiger partial charge in [0.2, 0.25) is 0 Å². The summed E-state index contributed by atoms with van der Waals surface area (Å²) in [5.74, 6) is 0.881. The van der Waals surface area contributed by atoms with Crippen LogP contribution in [-0.2, 0) is 13.6 Å². The first kappa shape index (κ1) is 12.6. The molecule has 0 aliphatic rings. The van der Waals surface area contributed by atoms with Crippen LogP contribution in [-0.4, -0.2) is 23.9 Å². The van der Waals surface area contributed by atoms with Crippen LogP contribution in [0.5, 0.6) is 5.75 Å². The van der Waals surface area contributed by atoms with Crippen molar-refractivity contribution in [1.29, 1.82) is 0 Å². The Hall–Kier alpha value is -1.81. The molecule has 0 bridgehead atoms. The second-order valence-corrected chi connectivity index (χ2v) is 4.40. The Morgan fingerprint density at radius 1 is 1.33 bits per heavy atom. The number of ether oxygens (including phenoxy) is 1. The molecule has 0 unspecified atom stereocenters. The molecule has 0 aliphatic heterocycles. The van der Waals surface area contributed by atoms with E-state index in [1.165, 1.54) is 5.56 Å². The fraction of sp³-hybridized carbons (Fsp3) is 0.357. The van der Waals surface area contributed by atoms with Crippen molar-refractivity contribution in [3.8, 4) is 16.9 Å². The number of hydrogen-bond donors (Lipinski definition) is 1. The fourth-order valence-corrected chi connectivity index (χ4v) is 2.09. The zero-order valence-corrected chi connectivity index (χ0v) is 11.3. The molecule has 0 radical (unpaired) electrons. The molecule has 2 aromatic rings. The van der Waals surface area contributed by atoms with E-state index in [1.807, 2.05) is 31.0 Å². The number of aryl methyl sites for hydroxylation is 2. The normalized spacial score (nSPS) is 10.7. The first-order chi connectivity index (χ1) is 8.65. The first-order valence-electron chi connectivity index (χ1n) is 5.98. The summed E-state index contributed by atoms with van der Waals surface area (Å²) in [5.41, 5.74) is 4.46. The van der Waals surface area contributed by atoms with Gasteiger partial charge in [0, 0.05) is 30.9 Å². The maximum absolute atomic E-state index is 5.44. The van der Waals surface area contributed by atoms with Gasteiger partial charge in [0.05, 0.1) is 12.8 Å². The summed E-state index contributed by atoms with van der Waals surface area (Å²) in [5, 5.41) is 7.62. The van der Waals surface area contributed by atoms with Gasteiger partial charge < -0.3 is 10.1 Å². The summed E-state index contributed by atoms with van der Waals surface area (Å²) in [7, 11) is 5.55. The Kier molecular flexibility index (Phi) is 3.67. The summed E-state index contributed by atoms with van der Waals surface area (Å²) < 4.78 is 7.28. The largest absolute Gasteiger partial charge is 0.496 e. The van der Waals surface area contributed by atoms with E-state index in [0.29, 0.717) is 0 Å². The highest BCUT2D eigenvalue weighted by Gasteiger charge is 2.13. The summed E-state index contributed by atoms with van der Waals surface area (Å²) in [4.78, 5) is 0. The molecule has 0 atom stereocenters. The number of methoxy groups -OCH3 is 1. The van der Waals surface area contributed by atoms with Gasteiger partial charge in [-0.2, -0.15) is 5.10 Å². The van der Waals surface area contributed by atoms with E-state index in [1.54, 1.807) is 7.11 Å². The number of hydrogen-bond acceptors (Lipinski definition) is 3. The molecule has 1 aromatic heterocycles. The van der Waals surface area contributed by atoms with Crippen molar-refractivity contribution in [3.63, 3.8) is 0 Å². The smallest absolute Gasteiger partial charge is 0.126 e. The molecule has 96 valence electrons. The van der Waals surface area contributed by atoms with Gasteiger partial charge in [-0.05, 0) is 26.1 Å². The Labute approximate surface area is 108 Å². The van der Waals surface area contributed by atoms with Crippen LogP contribution in [0.4, 0.5) is 0 Å². The second kappa shape index (κ2) is 5.23. The molecule has 1 N–H and O–H groups in total. The van der Waals surface area contributed by atoms with Crippen LogP contribution in [0, 0.1) is 6.92 Å². The van der Waals surface area contributed by atoms with E-state index in [0.717, 1.165) is 29.1 Å². The number of benzene rings is 1. The molecular formula is C14H19N3O. The minimum Gasteiger partial charge on any atom is -0.496 e. The van der Waals surface area contributed by atoms with Gasteiger partial charge in [0.1, 0.15) is 5.75 Å². The quantitative estimate of drug-likeness (QED) is 0.896. The van der Waals surface area contributed by atoms with Gasteiger partial charge in [-0.3, -0.25) is 4.68 Å². The molecule has 0 fully saturated rings. The van der Waals surface area contributed by atoms with Crippen molar-refractivity contribution in [3.05, 3.63) is 35.7 Å². The third-order valence-corrected chi connectivity index (χ3v) is 2.89. The van der Waals surface area contributed by atoms with E-state index in [9.17, 15) is 0 Å². The first-order valence-corrected chi connectivity index (χ1v) is 5.98. The predicted molar refractivity (Wildman–Crippen MR) is 72.7 cm³/mol. The molecule has 4 heteroatoms. The molecule has 0 saturated heterocycles. The molecule has 1 aromatic carbocycles. The molecular weight excluding hydrogens is 226 g/mol. The number of aromatic nitrogens is 2. The second-order valence-electron chi connectivity index (χ2n) is 4.40. The molecule has 0 aliphatic carbocycles. The van der Waals surface area contributed by atoms with Crippen LogP contribution in [0.1, 0.15) is 11.3 Å². The zero-order chi connectivity index (χ0) is 13.1. The van der Waals surface area contributed by atoms with E-state index < -0.39 is 0 Å². The van der Waals surface area contributed by atoms with Crippen molar-refractivity contribution in [2.75, 3.05) is 14.2 Å². The van der Waals surface area contributed by atoms with Crippen LogP contribution in [0.15, 0.2) is 24.4 Å². The highest BCUT2D eigenvalue weighted by Crippen LogP contribution is 2.32. The van der Waals surface area contributed by atoms with Crippen molar-refractivity contribution in [2.45, 2.75) is 13.5 Å². The standard InChI is InChI=1S/C14H19N3O/c1-10-5-6-14(18-4)11(7-10)12-9-17(3)16-13(12)8-15-2/h5-7,9,15H,8H2,1-4H3. The van der Waals surface area contributed by atoms with Crippen LogP contribution < -0.4 is 10.1 Å². The SMILES string of the molecule is CNCc1nn(C)cc1-c1cc(C)ccc1OC. The number of nitrogens with zero attached hydrogens (tertiary/aromatic N) is 2. The lowest BCUT2D eigenvalue weighted by atomic mass is 10.0. The molecule has 0 amide bonds. The van der Waals surface area contributed by atoms with Crippen LogP contribution in [0.3, 0.4) is 0 Å². The highest BCUT2D eigenvalue weighted by molar-refractivity contribution is 5.72. The van der Waals surface area contributed by atoms with E-state index >= 15 is 0 Å². The Bertz CT molecular complexity index is 546. The van der Waals surface area contributed by atoms with E-state index in [2.05, 4.69) is 29.5 Å².